The normalized spacial score (nSPS) is 12.6. The van der Waals surface area contributed by atoms with E-state index in [1.807, 2.05) is 61.5 Å². The van der Waals surface area contributed by atoms with Crippen LogP contribution in [0.3, 0.4) is 0 Å². The highest BCUT2D eigenvalue weighted by atomic mass is 19.1. The Hall–Kier alpha value is -5.13. The summed E-state index contributed by atoms with van der Waals surface area (Å²) >= 11 is 0. The van der Waals surface area contributed by atoms with E-state index in [9.17, 15) is 23.5 Å². The summed E-state index contributed by atoms with van der Waals surface area (Å²) in [5.41, 5.74) is 3.43. The van der Waals surface area contributed by atoms with Crippen LogP contribution >= 0.6 is 0 Å². The number of aliphatic hydroxyl groups is 1. The molecule has 0 aliphatic carbocycles. The van der Waals surface area contributed by atoms with Crippen molar-refractivity contribution in [3.05, 3.63) is 136 Å². The number of aliphatic hydroxyl groups excluding tert-OH is 1. The van der Waals surface area contributed by atoms with Crippen molar-refractivity contribution in [2.24, 2.45) is 5.16 Å². The lowest BCUT2D eigenvalue weighted by Gasteiger charge is -2.25. The summed E-state index contributed by atoms with van der Waals surface area (Å²) in [5.74, 6) is -1.73. The number of amides is 2. The molecule has 50 heavy (non-hydrogen) atoms. The fourth-order valence-corrected chi connectivity index (χ4v) is 5.39. The molecular weight excluding hydrogens is 642 g/mol. The van der Waals surface area contributed by atoms with Crippen molar-refractivity contribution in [2.75, 3.05) is 27.2 Å². The van der Waals surface area contributed by atoms with Gasteiger partial charge in [0.2, 0.25) is 0 Å². The topological polar surface area (TPSA) is 112 Å². The van der Waals surface area contributed by atoms with Gasteiger partial charge in [-0.2, -0.15) is 0 Å². The minimum absolute atomic E-state index is 0.0516. The minimum atomic E-state index is -1.16. The lowest BCUT2D eigenvalue weighted by Crippen LogP contribution is -2.48. The molecular formula is C39H44F2N4O5. The van der Waals surface area contributed by atoms with Crippen molar-refractivity contribution in [2.45, 2.75) is 52.0 Å². The molecule has 0 saturated heterocycles. The smallest absolute Gasteiger partial charge is 0.253 e. The van der Waals surface area contributed by atoms with Crippen LogP contribution < -0.4 is 15.4 Å². The second-order valence-electron chi connectivity index (χ2n) is 12.1. The number of benzene rings is 4. The number of hydrogen-bond acceptors (Lipinski definition) is 7. The predicted molar refractivity (Wildman–Crippen MR) is 189 cm³/mol. The van der Waals surface area contributed by atoms with Gasteiger partial charge in [-0.1, -0.05) is 54.5 Å². The van der Waals surface area contributed by atoms with E-state index in [2.05, 4.69) is 15.8 Å². The first-order valence-electron chi connectivity index (χ1n) is 16.4. The van der Waals surface area contributed by atoms with Gasteiger partial charge in [-0.15, -0.1) is 0 Å². The van der Waals surface area contributed by atoms with Gasteiger partial charge in [0.25, 0.3) is 11.8 Å². The van der Waals surface area contributed by atoms with Gasteiger partial charge in [0.1, 0.15) is 24.0 Å². The first kappa shape index (κ1) is 37.7. The maximum absolute atomic E-state index is 14.1. The Morgan fingerprint density at radius 1 is 0.880 bits per heavy atom. The van der Waals surface area contributed by atoms with E-state index < -0.39 is 29.7 Å². The monoisotopic (exact) mass is 686 g/mol. The van der Waals surface area contributed by atoms with Crippen LogP contribution in [0.1, 0.15) is 63.2 Å². The van der Waals surface area contributed by atoms with Crippen LogP contribution in [0.4, 0.5) is 8.78 Å². The van der Waals surface area contributed by atoms with Gasteiger partial charge < -0.3 is 30.2 Å². The van der Waals surface area contributed by atoms with Crippen molar-refractivity contribution in [3.63, 3.8) is 0 Å². The molecule has 0 aliphatic heterocycles. The summed E-state index contributed by atoms with van der Waals surface area (Å²) in [7, 11) is 3.26. The molecule has 4 rings (SSSR count). The molecule has 3 N–H and O–H groups in total. The number of hydrogen-bond donors (Lipinski definition) is 3. The standard InChI is InChI=1S/C39H44F2N4O5/c1-5-14-45(3)39(48)32-20-30(26(2)44-50-25-27-10-7-6-8-11-27)19-31(21-32)38(47)43-36(18-29-15-33(40)22-34(41)16-29)37(46)24-42-23-28-12-9-13-35(17-28)49-4/h6-13,15-17,19-22,36-37,42,46H,5,14,18,23-25H2,1-4H3,(H,43,47)/b44-26+/t36-,37+/m0/s1. The Balaban J connectivity index is 1.59. The Morgan fingerprint density at radius 3 is 2.26 bits per heavy atom. The van der Waals surface area contributed by atoms with Gasteiger partial charge in [-0.3, -0.25) is 9.59 Å². The molecule has 4 aromatic carbocycles. The Labute approximate surface area is 291 Å². The highest BCUT2D eigenvalue weighted by Gasteiger charge is 2.25. The van der Waals surface area contributed by atoms with E-state index in [1.165, 1.54) is 6.07 Å². The Morgan fingerprint density at radius 2 is 1.56 bits per heavy atom. The zero-order chi connectivity index (χ0) is 36.0. The first-order valence-corrected chi connectivity index (χ1v) is 16.4. The molecule has 0 heterocycles. The molecule has 4 aromatic rings. The van der Waals surface area contributed by atoms with E-state index in [1.54, 1.807) is 38.1 Å². The minimum Gasteiger partial charge on any atom is -0.497 e. The Bertz CT molecular complexity index is 1750. The third-order valence-corrected chi connectivity index (χ3v) is 8.02. The zero-order valence-corrected chi connectivity index (χ0v) is 28.8. The summed E-state index contributed by atoms with van der Waals surface area (Å²) in [6.07, 6.45) is -0.485. The van der Waals surface area contributed by atoms with Crippen molar-refractivity contribution in [1.29, 1.82) is 0 Å². The molecule has 0 saturated carbocycles. The SMILES string of the molecule is CCCN(C)C(=O)c1cc(C(=O)N[C@@H](Cc2cc(F)cc(F)c2)[C@H](O)CNCc2cccc(OC)c2)cc(/C(C)=N/OCc2ccccc2)c1. The maximum atomic E-state index is 14.1. The molecule has 0 unspecified atom stereocenters. The van der Waals surface area contributed by atoms with Crippen molar-refractivity contribution >= 4 is 17.5 Å². The molecule has 264 valence electrons. The number of rotatable bonds is 17. The second-order valence-corrected chi connectivity index (χ2v) is 12.1. The van der Waals surface area contributed by atoms with Crippen molar-refractivity contribution < 1.29 is 33.1 Å². The van der Waals surface area contributed by atoms with E-state index in [0.29, 0.717) is 30.1 Å². The van der Waals surface area contributed by atoms with Crippen LogP contribution in [0, 0.1) is 11.6 Å². The van der Waals surface area contributed by atoms with Gasteiger partial charge in [-0.25, -0.2) is 8.78 Å². The first-order chi connectivity index (χ1) is 24.1. The molecule has 0 fully saturated rings. The summed E-state index contributed by atoms with van der Waals surface area (Å²) < 4.78 is 33.5. The molecule has 0 bridgehead atoms. The third-order valence-electron chi connectivity index (χ3n) is 8.02. The maximum Gasteiger partial charge on any atom is 0.253 e. The molecule has 0 aromatic heterocycles. The summed E-state index contributed by atoms with van der Waals surface area (Å²) in [6, 6.07) is 23.8. The van der Waals surface area contributed by atoms with E-state index in [0.717, 1.165) is 35.7 Å². The number of methoxy groups -OCH3 is 1. The molecule has 9 nitrogen and oxygen atoms in total. The highest BCUT2D eigenvalue weighted by Crippen LogP contribution is 2.18. The average molecular weight is 687 g/mol. The van der Waals surface area contributed by atoms with Crippen molar-refractivity contribution in [1.82, 2.24) is 15.5 Å². The van der Waals surface area contributed by atoms with Crippen molar-refractivity contribution in [3.8, 4) is 5.75 Å². The highest BCUT2D eigenvalue weighted by molar-refractivity contribution is 6.06. The van der Waals surface area contributed by atoms with Crippen LogP contribution in [0.25, 0.3) is 0 Å². The molecule has 0 spiro atoms. The third kappa shape index (κ3) is 11.2. The summed E-state index contributed by atoms with van der Waals surface area (Å²) in [5, 5.41) is 21.6. The number of ether oxygens (including phenoxy) is 1. The van der Waals surface area contributed by atoms with Gasteiger partial charge >= 0.3 is 0 Å². The van der Waals surface area contributed by atoms with Crippen LogP contribution in [-0.2, 0) is 24.4 Å². The van der Waals surface area contributed by atoms with Crippen LogP contribution in [-0.4, -0.2) is 66.9 Å². The number of oxime groups is 1. The lowest BCUT2D eigenvalue weighted by atomic mass is 9.98. The number of carbonyl (C=O) groups excluding carboxylic acids is 2. The molecule has 0 radical (unpaired) electrons. The summed E-state index contributed by atoms with van der Waals surface area (Å²) in [4.78, 5) is 34.4. The van der Waals surface area contributed by atoms with E-state index in [4.69, 9.17) is 9.57 Å². The second kappa shape index (κ2) is 18.6. The lowest BCUT2D eigenvalue weighted by molar-refractivity contribution is 0.0795. The van der Waals surface area contributed by atoms with Crippen LogP contribution in [0.5, 0.6) is 5.75 Å². The number of nitrogens with zero attached hydrogens (tertiary/aromatic N) is 2. The average Bonchev–Trinajstić information content (AvgIpc) is 3.10. The number of nitrogens with one attached hydrogen (secondary N) is 2. The molecule has 0 aliphatic rings. The van der Waals surface area contributed by atoms with Gasteiger partial charge in [-0.05, 0) is 78.9 Å². The Kier molecular flexibility index (Phi) is 14.0. The predicted octanol–water partition coefficient (Wildman–Crippen LogP) is 5.89. The largest absolute Gasteiger partial charge is 0.497 e. The van der Waals surface area contributed by atoms with Gasteiger partial charge in [0.05, 0.1) is 25.0 Å². The van der Waals surface area contributed by atoms with Gasteiger partial charge in [0.15, 0.2) is 0 Å². The molecule has 11 heteroatoms. The quantitative estimate of drug-likeness (QED) is 0.0944. The fraction of sp³-hybridized carbons (Fsp3) is 0.308. The van der Waals surface area contributed by atoms with E-state index in [-0.39, 0.29) is 42.2 Å². The van der Waals surface area contributed by atoms with Crippen LogP contribution in [0.2, 0.25) is 0 Å². The van der Waals surface area contributed by atoms with Gasteiger partial charge in [0, 0.05) is 49.4 Å². The fourth-order valence-electron chi connectivity index (χ4n) is 5.39. The van der Waals surface area contributed by atoms with E-state index >= 15 is 0 Å². The number of halogens is 2. The molecule has 2 atom stereocenters. The number of carbonyl (C=O) groups is 2. The molecule has 2 amide bonds. The summed E-state index contributed by atoms with van der Waals surface area (Å²) in [6.45, 7) is 4.87. The zero-order valence-electron chi connectivity index (χ0n) is 28.8. The van der Waals surface area contributed by atoms with Crippen LogP contribution in [0.15, 0.2) is 96.2 Å².